The Balaban J connectivity index is 2.33. The molecule has 4 heteroatoms. The normalized spacial score (nSPS) is 11.3. The molecule has 0 amide bonds. The Hall–Kier alpha value is -2.10. The van der Waals surface area contributed by atoms with Gasteiger partial charge in [-0.25, -0.2) is 9.97 Å². The van der Waals surface area contributed by atoms with Crippen molar-refractivity contribution in [2.75, 3.05) is 17.2 Å². The lowest BCUT2D eigenvalue weighted by molar-refractivity contribution is 0.547. The zero-order valence-corrected chi connectivity index (χ0v) is 13.5. The fourth-order valence-corrected chi connectivity index (χ4v) is 1.90. The number of aryl methyl sites for hydroxylation is 1. The summed E-state index contributed by atoms with van der Waals surface area (Å²) in [5.41, 5.74) is 2.18. The van der Waals surface area contributed by atoms with Crippen molar-refractivity contribution in [3.05, 3.63) is 41.7 Å². The van der Waals surface area contributed by atoms with Crippen LogP contribution in [-0.2, 0) is 5.41 Å². The first kappa shape index (κ1) is 15.3. The van der Waals surface area contributed by atoms with Gasteiger partial charge in [0.25, 0.3) is 0 Å². The maximum atomic E-state index is 4.64. The van der Waals surface area contributed by atoms with Crippen LogP contribution in [0.2, 0.25) is 0 Å². The summed E-state index contributed by atoms with van der Waals surface area (Å²) in [6.45, 7) is 11.3. The molecule has 2 aromatic rings. The van der Waals surface area contributed by atoms with Crippen LogP contribution in [0.15, 0.2) is 30.3 Å². The molecule has 0 aliphatic carbocycles. The molecular weight excluding hydrogens is 260 g/mol. The van der Waals surface area contributed by atoms with Crippen molar-refractivity contribution in [1.82, 2.24) is 9.97 Å². The first-order chi connectivity index (χ1) is 9.88. The Kier molecular flexibility index (Phi) is 4.46. The standard InChI is InChI=1S/C17H24N4/c1-6-18-14-11-15(21-16(20-14)17(3,4)5)19-13-9-7-12(2)8-10-13/h7-11H,6H2,1-5H3,(H2,18,19,20,21). The third kappa shape index (κ3) is 4.18. The van der Waals surface area contributed by atoms with Crippen LogP contribution in [0.1, 0.15) is 39.1 Å². The molecule has 0 bridgehead atoms. The first-order valence-electron chi connectivity index (χ1n) is 7.35. The topological polar surface area (TPSA) is 49.8 Å². The predicted molar refractivity (Wildman–Crippen MR) is 89.4 cm³/mol. The molecule has 0 saturated carbocycles. The summed E-state index contributed by atoms with van der Waals surface area (Å²) < 4.78 is 0. The fourth-order valence-electron chi connectivity index (χ4n) is 1.90. The molecule has 0 aliphatic heterocycles. The van der Waals surface area contributed by atoms with Crippen molar-refractivity contribution in [3.63, 3.8) is 0 Å². The largest absolute Gasteiger partial charge is 0.370 e. The van der Waals surface area contributed by atoms with Gasteiger partial charge in [0.15, 0.2) is 0 Å². The van der Waals surface area contributed by atoms with Crippen molar-refractivity contribution in [3.8, 4) is 0 Å². The van der Waals surface area contributed by atoms with Gasteiger partial charge in [-0.2, -0.15) is 0 Å². The van der Waals surface area contributed by atoms with Crippen LogP contribution in [0.5, 0.6) is 0 Å². The molecule has 112 valence electrons. The highest BCUT2D eigenvalue weighted by Crippen LogP contribution is 2.24. The average molecular weight is 284 g/mol. The quantitative estimate of drug-likeness (QED) is 0.881. The summed E-state index contributed by atoms with van der Waals surface area (Å²) in [7, 11) is 0. The molecule has 0 fully saturated rings. The van der Waals surface area contributed by atoms with Gasteiger partial charge in [0.1, 0.15) is 17.5 Å². The van der Waals surface area contributed by atoms with E-state index in [-0.39, 0.29) is 5.41 Å². The maximum Gasteiger partial charge on any atom is 0.138 e. The Morgan fingerprint density at radius 3 is 2.19 bits per heavy atom. The molecule has 1 aromatic heterocycles. The van der Waals surface area contributed by atoms with E-state index in [1.54, 1.807) is 0 Å². The number of aromatic nitrogens is 2. The third-order valence-electron chi connectivity index (χ3n) is 3.08. The van der Waals surface area contributed by atoms with Crippen LogP contribution in [0.4, 0.5) is 17.3 Å². The van der Waals surface area contributed by atoms with Crippen LogP contribution in [-0.4, -0.2) is 16.5 Å². The summed E-state index contributed by atoms with van der Waals surface area (Å²) in [5.74, 6) is 2.50. The molecule has 21 heavy (non-hydrogen) atoms. The number of nitrogens with one attached hydrogen (secondary N) is 2. The molecular formula is C17H24N4. The van der Waals surface area contributed by atoms with E-state index in [0.29, 0.717) is 0 Å². The molecule has 2 N–H and O–H groups in total. The average Bonchev–Trinajstić information content (AvgIpc) is 2.41. The number of hydrogen-bond acceptors (Lipinski definition) is 4. The highest BCUT2D eigenvalue weighted by molar-refractivity contribution is 5.59. The Bertz CT molecular complexity index is 597. The number of nitrogens with zero attached hydrogens (tertiary/aromatic N) is 2. The predicted octanol–water partition coefficient (Wildman–Crippen LogP) is 4.26. The highest BCUT2D eigenvalue weighted by atomic mass is 15.1. The van der Waals surface area contributed by atoms with E-state index >= 15 is 0 Å². The second kappa shape index (κ2) is 6.12. The number of benzene rings is 1. The van der Waals surface area contributed by atoms with E-state index in [1.165, 1.54) is 5.56 Å². The molecule has 1 aromatic carbocycles. The van der Waals surface area contributed by atoms with Crippen LogP contribution in [0, 0.1) is 6.92 Å². The number of rotatable bonds is 4. The van der Waals surface area contributed by atoms with Gasteiger partial charge in [-0.1, -0.05) is 38.5 Å². The summed E-state index contributed by atoms with van der Waals surface area (Å²) in [6, 6.07) is 10.2. The molecule has 0 radical (unpaired) electrons. The summed E-state index contributed by atoms with van der Waals surface area (Å²) in [6.07, 6.45) is 0. The Labute approximate surface area is 127 Å². The molecule has 4 nitrogen and oxygen atoms in total. The zero-order valence-electron chi connectivity index (χ0n) is 13.5. The zero-order chi connectivity index (χ0) is 15.5. The molecule has 2 rings (SSSR count). The van der Waals surface area contributed by atoms with E-state index in [0.717, 1.165) is 29.7 Å². The highest BCUT2D eigenvalue weighted by Gasteiger charge is 2.19. The van der Waals surface area contributed by atoms with Crippen LogP contribution < -0.4 is 10.6 Å². The minimum atomic E-state index is -0.0882. The monoisotopic (exact) mass is 284 g/mol. The van der Waals surface area contributed by atoms with Crippen molar-refractivity contribution >= 4 is 17.3 Å². The van der Waals surface area contributed by atoms with Gasteiger partial charge in [-0.15, -0.1) is 0 Å². The molecule has 0 atom stereocenters. The van der Waals surface area contributed by atoms with Crippen LogP contribution >= 0.6 is 0 Å². The smallest absolute Gasteiger partial charge is 0.138 e. The van der Waals surface area contributed by atoms with Crippen LogP contribution in [0.3, 0.4) is 0 Å². The van der Waals surface area contributed by atoms with Crippen molar-refractivity contribution in [1.29, 1.82) is 0 Å². The SMILES string of the molecule is CCNc1cc(Nc2ccc(C)cc2)nc(C(C)(C)C)n1. The lowest BCUT2D eigenvalue weighted by atomic mass is 9.96. The minimum absolute atomic E-state index is 0.0882. The second-order valence-electron chi connectivity index (χ2n) is 6.23. The lowest BCUT2D eigenvalue weighted by Crippen LogP contribution is -2.18. The maximum absolute atomic E-state index is 4.64. The molecule has 0 unspecified atom stereocenters. The fraction of sp³-hybridized carbons (Fsp3) is 0.412. The van der Waals surface area contributed by atoms with Gasteiger partial charge in [0.2, 0.25) is 0 Å². The first-order valence-corrected chi connectivity index (χ1v) is 7.35. The molecule has 0 aliphatic rings. The van der Waals surface area contributed by atoms with Gasteiger partial charge in [0, 0.05) is 23.7 Å². The summed E-state index contributed by atoms with van der Waals surface area (Å²) in [5, 5.41) is 6.62. The van der Waals surface area contributed by atoms with Crippen molar-refractivity contribution in [2.24, 2.45) is 0 Å². The number of anilines is 3. The molecule has 1 heterocycles. The van der Waals surface area contributed by atoms with Gasteiger partial charge in [-0.3, -0.25) is 0 Å². The minimum Gasteiger partial charge on any atom is -0.370 e. The van der Waals surface area contributed by atoms with Gasteiger partial charge >= 0.3 is 0 Å². The number of hydrogen-bond donors (Lipinski definition) is 2. The van der Waals surface area contributed by atoms with E-state index in [1.807, 2.05) is 6.07 Å². The van der Waals surface area contributed by atoms with Crippen molar-refractivity contribution < 1.29 is 0 Å². The van der Waals surface area contributed by atoms with E-state index in [2.05, 4.69) is 79.5 Å². The van der Waals surface area contributed by atoms with E-state index in [9.17, 15) is 0 Å². The van der Waals surface area contributed by atoms with E-state index in [4.69, 9.17) is 0 Å². The van der Waals surface area contributed by atoms with Gasteiger partial charge < -0.3 is 10.6 Å². The third-order valence-corrected chi connectivity index (χ3v) is 3.08. The van der Waals surface area contributed by atoms with Gasteiger partial charge in [-0.05, 0) is 26.0 Å². The van der Waals surface area contributed by atoms with Gasteiger partial charge in [0.05, 0.1) is 0 Å². The lowest BCUT2D eigenvalue weighted by Gasteiger charge is -2.19. The molecule has 0 spiro atoms. The van der Waals surface area contributed by atoms with Crippen LogP contribution in [0.25, 0.3) is 0 Å². The summed E-state index contributed by atoms with van der Waals surface area (Å²) in [4.78, 5) is 9.23. The Morgan fingerprint density at radius 1 is 1.00 bits per heavy atom. The van der Waals surface area contributed by atoms with E-state index < -0.39 is 0 Å². The summed E-state index contributed by atoms with van der Waals surface area (Å²) >= 11 is 0. The second-order valence-corrected chi connectivity index (χ2v) is 6.23. The molecule has 0 saturated heterocycles. The van der Waals surface area contributed by atoms with Crippen molar-refractivity contribution in [2.45, 2.75) is 40.0 Å². The Morgan fingerprint density at radius 2 is 1.62 bits per heavy atom.